The molecule has 32 heavy (non-hydrogen) atoms. The molecule has 1 aliphatic rings. The van der Waals surface area contributed by atoms with Crippen molar-refractivity contribution >= 4 is 33.3 Å². The van der Waals surface area contributed by atoms with Crippen LogP contribution < -0.4 is 5.32 Å². The van der Waals surface area contributed by atoms with Crippen LogP contribution in [0.5, 0.6) is 0 Å². The van der Waals surface area contributed by atoms with Crippen molar-refractivity contribution in [2.24, 2.45) is 5.92 Å². The van der Waals surface area contributed by atoms with Crippen LogP contribution >= 0.6 is 11.6 Å². The molecule has 0 unspecified atom stereocenters. The molecule has 9 nitrogen and oxygen atoms in total. The summed E-state index contributed by atoms with van der Waals surface area (Å²) in [5.41, 5.74) is 1.83. The summed E-state index contributed by atoms with van der Waals surface area (Å²) in [6, 6.07) is 8.99. The number of halogens is 1. The Labute approximate surface area is 191 Å². The first-order chi connectivity index (χ1) is 15.2. The first-order valence-electron chi connectivity index (χ1n) is 10.2. The minimum Gasteiger partial charge on any atom is -0.360 e. The molecule has 0 radical (unpaired) electrons. The lowest BCUT2D eigenvalue weighted by Crippen LogP contribution is -2.41. The zero-order valence-electron chi connectivity index (χ0n) is 18.0. The number of benzene rings is 1. The zero-order valence-corrected chi connectivity index (χ0v) is 19.6. The van der Waals surface area contributed by atoms with Gasteiger partial charge in [0.15, 0.2) is 5.76 Å². The van der Waals surface area contributed by atoms with Gasteiger partial charge in [0.05, 0.1) is 11.4 Å². The Morgan fingerprint density at radius 2 is 1.91 bits per heavy atom. The molecule has 1 aliphatic heterocycles. The molecule has 1 fully saturated rings. The third-order valence-electron chi connectivity index (χ3n) is 5.53. The van der Waals surface area contributed by atoms with E-state index in [4.69, 9.17) is 16.1 Å². The molecule has 11 heteroatoms. The smallest absolute Gasteiger partial charge is 0.248 e. The zero-order chi connectivity index (χ0) is 23.0. The maximum atomic E-state index is 13.0. The number of hydrogen-bond donors (Lipinski definition) is 1. The number of anilines is 1. The highest BCUT2D eigenvalue weighted by Gasteiger charge is 2.35. The van der Waals surface area contributed by atoms with Crippen LogP contribution in [0.2, 0.25) is 5.02 Å². The van der Waals surface area contributed by atoms with Gasteiger partial charge < -0.3 is 9.84 Å². The molecule has 0 bridgehead atoms. The second-order valence-corrected chi connectivity index (χ2v) is 10.2. The van der Waals surface area contributed by atoms with Gasteiger partial charge in [0.25, 0.3) is 0 Å². The summed E-state index contributed by atoms with van der Waals surface area (Å²) in [5.74, 6) is 0.337. The monoisotopic (exact) mass is 477 g/mol. The molecule has 1 saturated heterocycles. The van der Waals surface area contributed by atoms with E-state index < -0.39 is 10.0 Å². The van der Waals surface area contributed by atoms with Crippen LogP contribution in [0.4, 0.5) is 5.82 Å². The number of nitrogens with zero attached hydrogens (tertiary/aromatic N) is 4. The van der Waals surface area contributed by atoms with E-state index in [2.05, 4.69) is 15.6 Å². The van der Waals surface area contributed by atoms with Crippen molar-refractivity contribution in [3.05, 3.63) is 52.5 Å². The quantitative estimate of drug-likeness (QED) is 0.602. The normalized spacial score (nSPS) is 15.8. The predicted octanol–water partition coefficient (Wildman–Crippen LogP) is 3.48. The molecule has 1 N–H and O–H groups in total. The molecule has 1 amide bonds. The van der Waals surface area contributed by atoms with Gasteiger partial charge in [-0.25, -0.2) is 13.1 Å². The average Bonchev–Trinajstić information content (AvgIpc) is 3.29. The van der Waals surface area contributed by atoms with E-state index in [-0.39, 0.29) is 35.6 Å². The van der Waals surface area contributed by atoms with Crippen molar-refractivity contribution in [1.82, 2.24) is 19.2 Å². The van der Waals surface area contributed by atoms with Crippen LogP contribution in [-0.4, -0.2) is 46.7 Å². The SMILES string of the molecule is Cc1cc(NC(=O)C2CCN(S(=O)(=O)c3c(C)noc3C)CC2)n(-c2cccc(Cl)c2)n1. The van der Waals surface area contributed by atoms with Crippen molar-refractivity contribution in [1.29, 1.82) is 0 Å². The maximum absolute atomic E-state index is 13.0. The number of hydrogen-bond acceptors (Lipinski definition) is 6. The molecular formula is C21H24ClN5O4S. The number of amides is 1. The summed E-state index contributed by atoms with van der Waals surface area (Å²) in [5, 5.41) is 11.7. The molecule has 0 aliphatic carbocycles. The molecule has 3 heterocycles. The molecule has 4 rings (SSSR count). The van der Waals surface area contributed by atoms with Gasteiger partial charge in [0.2, 0.25) is 15.9 Å². The number of sulfonamides is 1. The molecule has 0 spiro atoms. The van der Waals surface area contributed by atoms with E-state index in [9.17, 15) is 13.2 Å². The lowest BCUT2D eigenvalue weighted by molar-refractivity contribution is -0.120. The van der Waals surface area contributed by atoms with Gasteiger partial charge in [0, 0.05) is 30.1 Å². The number of aryl methyl sites for hydroxylation is 3. The molecule has 2 aromatic heterocycles. The molecule has 1 aromatic carbocycles. The van der Waals surface area contributed by atoms with Gasteiger partial charge in [-0.05, 0) is 51.8 Å². The maximum Gasteiger partial charge on any atom is 0.248 e. The van der Waals surface area contributed by atoms with Gasteiger partial charge in [-0.3, -0.25) is 4.79 Å². The Morgan fingerprint density at radius 1 is 1.19 bits per heavy atom. The van der Waals surface area contributed by atoms with Crippen molar-refractivity contribution in [2.75, 3.05) is 18.4 Å². The highest BCUT2D eigenvalue weighted by Crippen LogP contribution is 2.28. The lowest BCUT2D eigenvalue weighted by atomic mass is 9.97. The Morgan fingerprint density at radius 3 is 2.53 bits per heavy atom. The number of carbonyl (C=O) groups is 1. The van der Waals surface area contributed by atoms with Crippen molar-refractivity contribution < 1.29 is 17.7 Å². The fourth-order valence-corrected chi connectivity index (χ4v) is 5.90. The standard InChI is InChI=1S/C21H24ClN5O4S/c1-13-11-19(27(24-13)18-6-4-5-17(22)12-18)23-21(28)16-7-9-26(10-8-16)32(29,30)20-14(2)25-31-15(20)3/h4-6,11-12,16H,7-10H2,1-3H3,(H,23,28). The van der Waals surface area contributed by atoms with Gasteiger partial charge in [-0.15, -0.1) is 0 Å². The highest BCUT2D eigenvalue weighted by atomic mass is 35.5. The summed E-state index contributed by atoms with van der Waals surface area (Å²) in [4.78, 5) is 13.1. The van der Waals surface area contributed by atoms with E-state index in [0.717, 1.165) is 11.4 Å². The highest BCUT2D eigenvalue weighted by molar-refractivity contribution is 7.89. The molecular weight excluding hydrogens is 454 g/mol. The third-order valence-corrected chi connectivity index (χ3v) is 7.90. The van der Waals surface area contributed by atoms with Gasteiger partial charge in [0.1, 0.15) is 16.4 Å². The van der Waals surface area contributed by atoms with Crippen LogP contribution in [0.15, 0.2) is 39.8 Å². The van der Waals surface area contributed by atoms with E-state index >= 15 is 0 Å². The van der Waals surface area contributed by atoms with Crippen LogP contribution in [0, 0.1) is 26.7 Å². The first-order valence-corrected chi connectivity index (χ1v) is 12.0. The topological polar surface area (TPSA) is 110 Å². The van der Waals surface area contributed by atoms with Gasteiger partial charge in [-0.1, -0.05) is 22.8 Å². The average molecular weight is 478 g/mol. The van der Waals surface area contributed by atoms with E-state index in [1.165, 1.54) is 4.31 Å². The predicted molar refractivity (Wildman–Crippen MR) is 119 cm³/mol. The van der Waals surface area contributed by atoms with Crippen molar-refractivity contribution in [2.45, 2.75) is 38.5 Å². The van der Waals surface area contributed by atoms with Crippen molar-refractivity contribution in [3.8, 4) is 5.69 Å². The number of nitrogens with one attached hydrogen (secondary N) is 1. The largest absolute Gasteiger partial charge is 0.360 e. The summed E-state index contributed by atoms with van der Waals surface area (Å²) < 4.78 is 34.0. The molecule has 0 atom stereocenters. The minimum atomic E-state index is -3.71. The number of aromatic nitrogens is 3. The minimum absolute atomic E-state index is 0.112. The second-order valence-electron chi connectivity index (χ2n) is 7.88. The Hall–Kier alpha value is -2.69. The summed E-state index contributed by atoms with van der Waals surface area (Å²) in [6.07, 6.45) is 0.831. The summed E-state index contributed by atoms with van der Waals surface area (Å²) in [6.45, 7) is 5.52. The Balaban J connectivity index is 1.45. The van der Waals surface area contributed by atoms with Crippen LogP contribution in [0.1, 0.15) is 30.0 Å². The second kappa shape index (κ2) is 8.68. The Kier molecular flexibility index (Phi) is 6.11. The fourth-order valence-electron chi connectivity index (χ4n) is 3.95. The van der Waals surface area contributed by atoms with E-state index in [1.807, 2.05) is 19.1 Å². The summed E-state index contributed by atoms with van der Waals surface area (Å²) >= 11 is 6.10. The number of rotatable bonds is 5. The van der Waals surface area contributed by atoms with Crippen LogP contribution in [-0.2, 0) is 14.8 Å². The van der Waals surface area contributed by atoms with E-state index in [0.29, 0.717) is 29.4 Å². The number of carbonyl (C=O) groups excluding carboxylic acids is 1. The molecule has 0 saturated carbocycles. The fraction of sp³-hybridized carbons (Fsp3) is 0.381. The molecule has 3 aromatic rings. The number of piperidine rings is 1. The summed E-state index contributed by atoms with van der Waals surface area (Å²) in [7, 11) is -3.71. The van der Waals surface area contributed by atoms with E-state index in [1.54, 1.807) is 36.7 Å². The van der Waals surface area contributed by atoms with Crippen molar-refractivity contribution in [3.63, 3.8) is 0 Å². The van der Waals surface area contributed by atoms with Gasteiger partial charge in [-0.2, -0.15) is 9.40 Å². The van der Waals surface area contributed by atoms with Crippen LogP contribution in [0.25, 0.3) is 5.69 Å². The van der Waals surface area contributed by atoms with Gasteiger partial charge >= 0.3 is 0 Å². The lowest BCUT2D eigenvalue weighted by Gasteiger charge is -2.30. The third kappa shape index (κ3) is 4.30. The molecule has 170 valence electrons. The first kappa shape index (κ1) is 22.5. The van der Waals surface area contributed by atoms with Crippen LogP contribution in [0.3, 0.4) is 0 Å². The Bertz CT molecular complexity index is 1240.